The van der Waals surface area contributed by atoms with Crippen molar-refractivity contribution >= 4 is 17.8 Å². The van der Waals surface area contributed by atoms with Crippen LogP contribution in [0.2, 0.25) is 0 Å². The van der Waals surface area contributed by atoms with Crippen LogP contribution >= 0.6 is 0 Å². The van der Waals surface area contributed by atoms with Crippen LogP contribution in [0.5, 0.6) is 0 Å². The Labute approximate surface area is 203 Å². The molecule has 2 aliphatic heterocycles. The molecule has 2 N–H and O–H groups in total. The number of ether oxygens (including phenoxy) is 2. The fraction of sp³-hybridized carbons (Fsp3) is 0.667. The molecule has 3 rings (SSSR count). The third-order valence-electron chi connectivity index (χ3n) is 5.18. The average molecular weight is 533 g/mol. The zero-order chi connectivity index (χ0) is 27.5. The first-order chi connectivity index (χ1) is 16.7. The molecule has 36 heavy (non-hydrogen) atoms. The molecule has 15 heteroatoms. The van der Waals surface area contributed by atoms with Crippen LogP contribution in [-0.2, 0) is 25.6 Å². The highest BCUT2D eigenvalue weighted by atomic mass is 19.4. The van der Waals surface area contributed by atoms with Crippen LogP contribution < -0.4 is 4.90 Å². The highest BCUT2D eigenvalue weighted by molar-refractivity contribution is 5.73. The average Bonchev–Trinajstić information content (AvgIpc) is 2.97. The summed E-state index contributed by atoms with van der Waals surface area (Å²) in [5, 5.41) is 14.2. The first kappa shape index (κ1) is 31.4. The van der Waals surface area contributed by atoms with Crippen molar-refractivity contribution in [3.05, 3.63) is 23.4 Å². The van der Waals surface area contributed by atoms with E-state index in [4.69, 9.17) is 34.3 Å². The van der Waals surface area contributed by atoms with Crippen molar-refractivity contribution in [2.75, 3.05) is 51.5 Å². The molecule has 3 heterocycles. The molecule has 2 aliphatic rings. The lowest BCUT2D eigenvalue weighted by atomic mass is 10.1. The van der Waals surface area contributed by atoms with Gasteiger partial charge in [0.2, 0.25) is 0 Å². The second kappa shape index (κ2) is 14.2. The van der Waals surface area contributed by atoms with Gasteiger partial charge in [-0.2, -0.15) is 26.3 Å². The first-order valence-corrected chi connectivity index (χ1v) is 10.8. The third kappa shape index (κ3) is 11.0. The van der Waals surface area contributed by atoms with E-state index in [1.54, 1.807) is 7.11 Å². The van der Waals surface area contributed by atoms with Gasteiger partial charge in [-0.3, -0.25) is 4.90 Å². The van der Waals surface area contributed by atoms with Gasteiger partial charge in [-0.25, -0.2) is 14.6 Å². The zero-order valence-corrected chi connectivity index (χ0v) is 19.7. The van der Waals surface area contributed by atoms with Crippen LogP contribution in [0.3, 0.4) is 0 Å². The van der Waals surface area contributed by atoms with Gasteiger partial charge in [0, 0.05) is 63.8 Å². The lowest BCUT2D eigenvalue weighted by Gasteiger charge is -2.33. The predicted octanol–water partition coefficient (Wildman–Crippen LogP) is 3.10. The molecule has 0 bridgehead atoms. The molecule has 9 nitrogen and oxygen atoms in total. The van der Waals surface area contributed by atoms with E-state index in [2.05, 4.69) is 28.9 Å². The summed E-state index contributed by atoms with van der Waals surface area (Å²) in [6.07, 6.45) is -7.88. The molecule has 0 aromatic carbocycles. The Morgan fingerprint density at radius 3 is 2.06 bits per heavy atom. The van der Waals surface area contributed by atoms with Crippen molar-refractivity contribution in [2.45, 2.75) is 44.7 Å². The number of nitrogens with zero attached hydrogens (tertiary/aromatic N) is 3. The maximum Gasteiger partial charge on any atom is 0.490 e. The van der Waals surface area contributed by atoms with Crippen LogP contribution in [-0.4, -0.2) is 97.0 Å². The highest BCUT2D eigenvalue weighted by Crippen LogP contribution is 2.26. The molecule has 0 saturated carbocycles. The van der Waals surface area contributed by atoms with Crippen molar-refractivity contribution < 1.29 is 55.6 Å². The Morgan fingerprint density at radius 2 is 1.58 bits per heavy atom. The number of fused-ring (bicyclic) bond motifs is 1. The first-order valence-electron chi connectivity index (χ1n) is 10.8. The monoisotopic (exact) mass is 533 g/mol. The van der Waals surface area contributed by atoms with Gasteiger partial charge in [0.25, 0.3) is 0 Å². The lowest BCUT2D eigenvalue weighted by Crippen LogP contribution is -2.41. The Hall–Kier alpha value is -2.65. The standard InChI is InChI=1S/C17H27N3O2.2C2HF3O2/c1-14-3-4-15-13-20(16-5-10-22-11-6-16)8-7-19(9-12-21-2)17(15)18-14;2*3-2(4,5)1(6)7/h3-4,16H,5-13H2,1-2H3;2*(H,6,7). The lowest BCUT2D eigenvalue weighted by molar-refractivity contribution is -0.193. The van der Waals surface area contributed by atoms with Gasteiger partial charge in [0.15, 0.2) is 0 Å². The SMILES string of the molecule is COCCN1CCN(C2CCOCC2)Cc2ccc(C)nc21.O=C(O)C(F)(F)F.O=C(O)C(F)(F)F. The van der Waals surface area contributed by atoms with E-state index in [0.717, 1.165) is 70.4 Å². The van der Waals surface area contributed by atoms with Crippen molar-refractivity contribution in [3.8, 4) is 0 Å². The topological polar surface area (TPSA) is 112 Å². The minimum atomic E-state index is -5.08. The molecular formula is C21H29F6N3O6. The number of pyridine rings is 1. The van der Waals surface area contributed by atoms with E-state index < -0.39 is 24.3 Å². The number of hydrogen-bond acceptors (Lipinski definition) is 7. The molecule has 0 unspecified atom stereocenters. The van der Waals surface area contributed by atoms with Crippen LogP contribution in [0.4, 0.5) is 32.2 Å². The minimum absolute atomic E-state index is 0.644. The molecule has 0 spiro atoms. The number of carbonyl (C=O) groups is 2. The number of aryl methyl sites for hydroxylation is 1. The number of anilines is 1. The number of halogens is 6. The number of hydrogen-bond donors (Lipinski definition) is 2. The normalized spacial score (nSPS) is 17.1. The highest BCUT2D eigenvalue weighted by Gasteiger charge is 2.38. The largest absolute Gasteiger partial charge is 0.490 e. The van der Waals surface area contributed by atoms with Gasteiger partial charge in [0.1, 0.15) is 5.82 Å². The Morgan fingerprint density at radius 1 is 1.06 bits per heavy atom. The van der Waals surface area contributed by atoms with Crippen LogP contribution in [0.1, 0.15) is 24.1 Å². The number of rotatable bonds is 4. The third-order valence-corrected chi connectivity index (χ3v) is 5.18. The van der Waals surface area contributed by atoms with E-state index in [-0.39, 0.29) is 0 Å². The van der Waals surface area contributed by atoms with Crippen LogP contribution in [0.25, 0.3) is 0 Å². The Bertz CT molecular complexity index is 822. The number of carboxylic acid groups (broad SMARTS) is 2. The van der Waals surface area contributed by atoms with Gasteiger partial charge < -0.3 is 24.6 Å². The van der Waals surface area contributed by atoms with E-state index in [1.807, 2.05) is 0 Å². The molecular weight excluding hydrogens is 504 g/mol. The number of alkyl halides is 6. The number of aliphatic carboxylic acids is 2. The van der Waals surface area contributed by atoms with Crippen molar-refractivity contribution in [1.29, 1.82) is 0 Å². The number of carboxylic acids is 2. The molecule has 0 aliphatic carbocycles. The van der Waals surface area contributed by atoms with Crippen molar-refractivity contribution in [3.63, 3.8) is 0 Å². The zero-order valence-electron chi connectivity index (χ0n) is 19.7. The second-order valence-electron chi connectivity index (χ2n) is 7.84. The number of methoxy groups -OCH3 is 1. The smallest absolute Gasteiger partial charge is 0.475 e. The Balaban J connectivity index is 0.000000383. The van der Waals surface area contributed by atoms with Gasteiger partial charge in [0.05, 0.1) is 6.61 Å². The fourth-order valence-corrected chi connectivity index (χ4v) is 3.40. The summed E-state index contributed by atoms with van der Waals surface area (Å²) < 4.78 is 74.3. The summed E-state index contributed by atoms with van der Waals surface area (Å²) in [5.41, 5.74) is 2.42. The van der Waals surface area contributed by atoms with Gasteiger partial charge in [-0.1, -0.05) is 6.07 Å². The Kier molecular flexibility index (Phi) is 12.4. The molecule has 0 amide bonds. The maximum atomic E-state index is 10.6. The molecule has 206 valence electrons. The summed E-state index contributed by atoms with van der Waals surface area (Å²) in [6.45, 7) is 8.61. The quantitative estimate of drug-likeness (QED) is 0.564. The molecule has 1 aromatic heterocycles. The van der Waals surface area contributed by atoms with Crippen LogP contribution in [0.15, 0.2) is 12.1 Å². The van der Waals surface area contributed by atoms with Crippen molar-refractivity contribution in [1.82, 2.24) is 9.88 Å². The van der Waals surface area contributed by atoms with E-state index in [9.17, 15) is 26.3 Å². The molecule has 0 radical (unpaired) electrons. The van der Waals surface area contributed by atoms with Crippen molar-refractivity contribution in [2.24, 2.45) is 0 Å². The summed E-state index contributed by atoms with van der Waals surface area (Å²) >= 11 is 0. The summed E-state index contributed by atoms with van der Waals surface area (Å²) in [7, 11) is 1.76. The van der Waals surface area contributed by atoms with E-state index in [1.165, 1.54) is 5.56 Å². The minimum Gasteiger partial charge on any atom is -0.475 e. The van der Waals surface area contributed by atoms with Gasteiger partial charge in [-0.15, -0.1) is 0 Å². The molecule has 1 aromatic rings. The van der Waals surface area contributed by atoms with E-state index in [0.29, 0.717) is 6.04 Å². The number of aromatic nitrogens is 1. The van der Waals surface area contributed by atoms with Crippen LogP contribution in [0, 0.1) is 6.92 Å². The second-order valence-corrected chi connectivity index (χ2v) is 7.84. The summed E-state index contributed by atoms with van der Waals surface area (Å²) in [6, 6.07) is 5.01. The van der Waals surface area contributed by atoms with Gasteiger partial charge >= 0.3 is 24.3 Å². The predicted molar refractivity (Wildman–Crippen MR) is 115 cm³/mol. The van der Waals surface area contributed by atoms with Gasteiger partial charge in [-0.05, 0) is 25.8 Å². The molecule has 1 fully saturated rings. The maximum absolute atomic E-state index is 10.6. The fourth-order valence-electron chi connectivity index (χ4n) is 3.40. The molecule has 0 atom stereocenters. The van der Waals surface area contributed by atoms with E-state index >= 15 is 0 Å². The summed E-state index contributed by atoms with van der Waals surface area (Å²) in [5.74, 6) is -4.37. The molecule has 1 saturated heterocycles. The summed E-state index contributed by atoms with van der Waals surface area (Å²) in [4.78, 5) is 27.6.